The van der Waals surface area contributed by atoms with Crippen LogP contribution in [0.25, 0.3) is 10.8 Å². The second kappa shape index (κ2) is 7.12. The van der Waals surface area contributed by atoms with Crippen molar-refractivity contribution in [2.75, 3.05) is 6.54 Å². The summed E-state index contributed by atoms with van der Waals surface area (Å²) >= 11 is 0. The summed E-state index contributed by atoms with van der Waals surface area (Å²) in [6.45, 7) is 2.55. The van der Waals surface area contributed by atoms with E-state index in [0.717, 1.165) is 17.2 Å². The van der Waals surface area contributed by atoms with Crippen LogP contribution in [-0.4, -0.2) is 18.5 Å². The Kier molecular flexibility index (Phi) is 5.80. The number of halogens is 1. The van der Waals surface area contributed by atoms with E-state index in [2.05, 4.69) is 5.32 Å². The van der Waals surface area contributed by atoms with E-state index >= 15 is 0 Å². The SMILES string of the molecule is CC(N)CCNC(=O)c1ccc2ccccc2c1.Cl. The van der Waals surface area contributed by atoms with Crippen LogP contribution in [0.4, 0.5) is 0 Å². The summed E-state index contributed by atoms with van der Waals surface area (Å²) in [4.78, 5) is 11.9. The summed E-state index contributed by atoms with van der Waals surface area (Å²) in [6.07, 6.45) is 0.791. The molecule has 3 N–H and O–H groups in total. The molecule has 0 bridgehead atoms. The average Bonchev–Trinajstić information content (AvgIpc) is 2.37. The topological polar surface area (TPSA) is 55.1 Å². The van der Waals surface area contributed by atoms with Crippen molar-refractivity contribution in [2.45, 2.75) is 19.4 Å². The first-order chi connectivity index (χ1) is 8.66. The van der Waals surface area contributed by atoms with E-state index in [0.29, 0.717) is 12.1 Å². The second-order valence-corrected chi connectivity index (χ2v) is 4.58. The fourth-order valence-electron chi connectivity index (χ4n) is 1.85. The van der Waals surface area contributed by atoms with Gasteiger partial charge in [-0.2, -0.15) is 0 Å². The molecule has 0 aliphatic rings. The van der Waals surface area contributed by atoms with Gasteiger partial charge in [0.25, 0.3) is 5.91 Å². The number of amides is 1. The van der Waals surface area contributed by atoms with E-state index in [1.54, 1.807) is 0 Å². The summed E-state index contributed by atoms with van der Waals surface area (Å²) in [5.74, 6) is -0.0404. The summed E-state index contributed by atoms with van der Waals surface area (Å²) < 4.78 is 0. The number of benzene rings is 2. The molecule has 0 aliphatic heterocycles. The molecule has 3 nitrogen and oxygen atoms in total. The predicted octanol–water partition coefficient (Wildman–Crippen LogP) is 2.73. The van der Waals surface area contributed by atoms with Gasteiger partial charge >= 0.3 is 0 Å². The van der Waals surface area contributed by atoms with Crippen LogP contribution < -0.4 is 11.1 Å². The number of carbonyl (C=O) groups excluding carboxylic acids is 1. The first-order valence-electron chi connectivity index (χ1n) is 6.19. The molecule has 0 aromatic heterocycles. The number of hydrogen-bond donors (Lipinski definition) is 2. The number of nitrogens with two attached hydrogens (primary N) is 1. The van der Waals surface area contributed by atoms with Crippen molar-refractivity contribution in [3.05, 3.63) is 48.0 Å². The lowest BCUT2D eigenvalue weighted by atomic mass is 10.1. The van der Waals surface area contributed by atoms with Gasteiger partial charge < -0.3 is 11.1 Å². The average molecular weight is 279 g/mol. The van der Waals surface area contributed by atoms with Crippen molar-refractivity contribution < 1.29 is 4.79 Å². The highest BCUT2D eigenvalue weighted by Crippen LogP contribution is 2.15. The molecule has 2 aromatic carbocycles. The highest BCUT2D eigenvalue weighted by atomic mass is 35.5. The van der Waals surface area contributed by atoms with Crippen molar-refractivity contribution in [3.63, 3.8) is 0 Å². The van der Waals surface area contributed by atoms with E-state index in [1.165, 1.54) is 0 Å². The minimum atomic E-state index is -0.0404. The van der Waals surface area contributed by atoms with Gasteiger partial charge in [0.2, 0.25) is 0 Å². The molecule has 0 fully saturated rings. The molecule has 0 spiro atoms. The molecule has 0 aliphatic carbocycles. The Morgan fingerprint density at radius 2 is 1.89 bits per heavy atom. The Morgan fingerprint density at radius 3 is 2.58 bits per heavy atom. The molecule has 0 saturated carbocycles. The monoisotopic (exact) mass is 278 g/mol. The maximum absolute atomic E-state index is 11.9. The Labute approximate surface area is 119 Å². The summed E-state index contributed by atoms with van der Waals surface area (Å²) in [5.41, 5.74) is 6.33. The number of carbonyl (C=O) groups is 1. The Morgan fingerprint density at radius 1 is 1.21 bits per heavy atom. The fraction of sp³-hybridized carbons (Fsp3) is 0.267. The molecule has 0 saturated heterocycles. The fourth-order valence-corrected chi connectivity index (χ4v) is 1.85. The van der Waals surface area contributed by atoms with Crippen molar-refractivity contribution >= 4 is 29.1 Å². The first kappa shape index (κ1) is 15.5. The second-order valence-electron chi connectivity index (χ2n) is 4.58. The maximum Gasteiger partial charge on any atom is 0.251 e. The summed E-state index contributed by atoms with van der Waals surface area (Å²) in [5, 5.41) is 5.10. The number of hydrogen-bond acceptors (Lipinski definition) is 2. The van der Waals surface area contributed by atoms with Gasteiger partial charge in [-0.05, 0) is 36.2 Å². The molecule has 1 atom stereocenters. The molecule has 4 heteroatoms. The zero-order chi connectivity index (χ0) is 13.0. The zero-order valence-corrected chi connectivity index (χ0v) is 11.7. The molecule has 102 valence electrons. The van der Waals surface area contributed by atoms with Gasteiger partial charge in [0, 0.05) is 18.2 Å². The van der Waals surface area contributed by atoms with Gasteiger partial charge in [-0.3, -0.25) is 4.79 Å². The molecule has 2 aromatic rings. The van der Waals surface area contributed by atoms with E-state index in [9.17, 15) is 4.79 Å². The normalized spacial score (nSPS) is 11.7. The first-order valence-corrected chi connectivity index (χ1v) is 6.19. The largest absolute Gasteiger partial charge is 0.352 e. The molecule has 0 radical (unpaired) electrons. The van der Waals surface area contributed by atoms with Gasteiger partial charge in [-0.25, -0.2) is 0 Å². The van der Waals surface area contributed by atoms with E-state index in [1.807, 2.05) is 49.4 Å². The van der Waals surface area contributed by atoms with Crippen LogP contribution in [-0.2, 0) is 0 Å². The van der Waals surface area contributed by atoms with E-state index in [-0.39, 0.29) is 24.4 Å². The molecule has 19 heavy (non-hydrogen) atoms. The van der Waals surface area contributed by atoms with Crippen LogP contribution >= 0.6 is 12.4 Å². The highest BCUT2D eigenvalue weighted by molar-refractivity contribution is 5.98. The molecular formula is C15H19ClN2O. The zero-order valence-electron chi connectivity index (χ0n) is 10.9. The standard InChI is InChI=1S/C15H18N2O.ClH/c1-11(16)8-9-17-15(18)14-7-6-12-4-2-3-5-13(12)10-14;/h2-7,10-11H,8-9,16H2,1H3,(H,17,18);1H. The van der Waals surface area contributed by atoms with Gasteiger partial charge in [0.05, 0.1) is 0 Å². The van der Waals surface area contributed by atoms with Crippen LogP contribution in [0.3, 0.4) is 0 Å². The Hall–Kier alpha value is -1.58. The smallest absolute Gasteiger partial charge is 0.251 e. The number of nitrogens with one attached hydrogen (secondary N) is 1. The van der Waals surface area contributed by atoms with Crippen molar-refractivity contribution in [1.82, 2.24) is 5.32 Å². The Balaban J connectivity index is 0.00000180. The third kappa shape index (κ3) is 4.23. The quantitative estimate of drug-likeness (QED) is 0.903. The van der Waals surface area contributed by atoms with Gasteiger partial charge in [0.15, 0.2) is 0 Å². The third-order valence-electron chi connectivity index (χ3n) is 2.90. The van der Waals surface area contributed by atoms with Crippen molar-refractivity contribution in [3.8, 4) is 0 Å². The van der Waals surface area contributed by atoms with Gasteiger partial charge in [-0.1, -0.05) is 30.3 Å². The van der Waals surface area contributed by atoms with Gasteiger partial charge in [-0.15, -0.1) is 12.4 Å². The summed E-state index contributed by atoms with van der Waals surface area (Å²) in [6, 6.07) is 13.9. The predicted molar refractivity (Wildman–Crippen MR) is 81.8 cm³/mol. The van der Waals surface area contributed by atoms with Crippen LogP contribution in [0.2, 0.25) is 0 Å². The lowest BCUT2D eigenvalue weighted by Gasteiger charge is -2.08. The van der Waals surface area contributed by atoms with E-state index < -0.39 is 0 Å². The Bertz CT molecular complexity index is 555. The van der Waals surface area contributed by atoms with Crippen LogP contribution in [0.5, 0.6) is 0 Å². The minimum Gasteiger partial charge on any atom is -0.352 e. The lowest BCUT2D eigenvalue weighted by Crippen LogP contribution is -2.28. The van der Waals surface area contributed by atoms with Crippen LogP contribution in [0.1, 0.15) is 23.7 Å². The van der Waals surface area contributed by atoms with Crippen molar-refractivity contribution in [2.24, 2.45) is 5.73 Å². The number of rotatable bonds is 4. The molecule has 1 amide bonds. The van der Waals surface area contributed by atoms with Crippen molar-refractivity contribution in [1.29, 1.82) is 0 Å². The maximum atomic E-state index is 11.9. The van der Waals surface area contributed by atoms with E-state index in [4.69, 9.17) is 5.73 Å². The summed E-state index contributed by atoms with van der Waals surface area (Å²) in [7, 11) is 0. The number of fused-ring (bicyclic) bond motifs is 1. The van der Waals surface area contributed by atoms with Crippen LogP contribution in [0.15, 0.2) is 42.5 Å². The highest BCUT2D eigenvalue weighted by Gasteiger charge is 2.05. The molecule has 1 unspecified atom stereocenters. The molecular weight excluding hydrogens is 260 g/mol. The van der Waals surface area contributed by atoms with Gasteiger partial charge in [0.1, 0.15) is 0 Å². The molecule has 0 heterocycles. The molecule has 2 rings (SSSR count). The third-order valence-corrected chi connectivity index (χ3v) is 2.90. The van der Waals surface area contributed by atoms with Crippen LogP contribution in [0, 0.1) is 0 Å². The lowest BCUT2D eigenvalue weighted by molar-refractivity contribution is 0.0953. The minimum absolute atomic E-state index is 0.